The van der Waals surface area contributed by atoms with Gasteiger partial charge in [-0.2, -0.15) is 0 Å². The van der Waals surface area contributed by atoms with Crippen LogP contribution in [0.3, 0.4) is 0 Å². The summed E-state index contributed by atoms with van der Waals surface area (Å²) in [7, 11) is 2.23. The smallest absolute Gasteiger partial charge is 0.0635 e. The van der Waals surface area contributed by atoms with Gasteiger partial charge in [-0.05, 0) is 92.4 Å². The third kappa shape index (κ3) is 6.47. The molecule has 4 aromatic carbocycles. The molecule has 2 aliphatic carbocycles. The maximum absolute atomic E-state index is 5.94. The van der Waals surface area contributed by atoms with Crippen molar-refractivity contribution in [1.82, 2.24) is 14.0 Å². The van der Waals surface area contributed by atoms with Gasteiger partial charge in [-0.25, -0.2) is 0 Å². The van der Waals surface area contributed by atoms with Gasteiger partial charge in [-0.15, -0.1) is 0 Å². The van der Waals surface area contributed by atoms with E-state index >= 15 is 0 Å². The lowest BCUT2D eigenvalue weighted by atomic mass is 9.84. The molecule has 4 nitrogen and oxygen atoms in total. The van der Waals surface area contributed by atoms with E-state index in [0.717, 1.165) is 38.8 Å². The van der Waals surface area contributed by atoms with Crippen LogP contribution in [0.2, 0.25) is 0 Å². The highest BCUT2D eigenvalue weighted by atomic mass is 15.1. The van der Waals surface area contributed by atoms with Crippen molar-refractivity contribution in [2.24, 2.45) is 11.7 Å². The Labute approximate surface area is 291 Å². The maximum Gasteiger partial charge on any atom is 0.0635 e. The average Bonchev–Trinajstić information content (AvgIpc) is 3.74. The van der Waals surface area contributed by atoms with E-state index in [-0.39, 0.29) is 0 Å². The number of nitrogens with zero attached hydrogens (tertiary/aromatic N) is 3. The minimum Gasteiger partial charge on any atom is -0.330 e. The van der Waals surface area contributed by atoms with Crippen LogP contribution in [0.5, 0.6) is 0 Å². The Morgan fingerprint density at radius 3 is 2.51 bits per heavy atom. The predicted octanol–water partition coefficient (Wildman–Crippen LogP) is 10.5. The highest BCUT2D eigenvalue weighted by Crippen LogP contribution is 2.38. The van der Waals surface area contributed by atoms with E-state index in [9.17, 15) is 0 Å². The number of allylic oxidation sites excluding steroid dienone is 5. The summed E-state index contributed by atoms with van der Waals surface area (Å²) in [5, 5.41) is 3.87. The van der Waals surface area contributed by atoms with E-state index in [0.29, 0.717) is 12.5 Å². The zero-order valence-corrected chi connectivity index (χ0v) is 29.1. The first-order valence-electron chi connectivity index (χ1n) is 18.0. The molecule has 0 saturated carbocycles. The lowest BCUT2D eigenvalue weighted by Gasteiger charge is -2.26. The third-order valence-electron chi connectivity index (χ3n) is 9.96. The molecule has 2 aliphatic rings. The summed E-state index contributed by atoms with van der Waals surface area (Å²) in [6.07, 6.45) is 20.1. The summed E-state index contributed by atoms with van der Waals surface area (Å²) < 4.78 is 4.83. The van der Waals surface area contributed by atoms with Gasteiger partial charge in [0, 0.05) is 52.7 Å². The van der Waals surface area contributed by atoms with Crippen molar-refractivity contribution in [3.05, 3.63) is 150 Å². The first-order chi connectivity index (χ1) is 24.2. The second-order valence-corrected chi connectivity index (χ2v) is 13.1. The number of likely N-dealkylation sites (N-methyl/N-ethyl adjacent to an activating group) is 1. The molecular formula is C45H48N4. The van der Waals surface area contributed by atoms with Crippen LogP contribution in [0.15, 0.2) is 133 Å². The summed E-state index contributed by atoms with van der Waals surface area (Å²) in [6.45, 7) is 6.49. The molecule has 0 spiro atoms. The Bertz CT molecular complexity index is 2200. The van der Waals surface area contributed by atoms with Crippen LogP contribution >= 0.6 is 0 Å². The van der Waals surface area contributed by atoms with Crippen LogP contribution in [0.1, 0.15) is 49.8 Å². The second-order valence-electron chi connectivity index (χ2n) is 13.1. The molecule has 248 valence electrons. The van der Waals surface area contributed by atoms with Crippen LogP contribution in [-0.2, 0) is 13.0 Å². The van der Waals surface area contributed by atoms with E-state index in [4.69, 9.17) is 5.73 Å². The first kappa shape index (κ1) is 32.6. The summed E-state index contributed by atoms with van der Waals surface area (Å²) in [6, 6.07) is 33.7. The van der Waals surface area contributed by atoms with Gasteiger partial charge in [-0.1, -0.05) is 110 Å². The molecule has 2 N–H and O–H groups in total. The molecule has 2 aromatic heterocycles. The molecular weight excluding hydrogens is 597 g/mol. The van der Waals surface area contributed by atoms with Gasteiger partial charge in [0.25, 0.3) is 0 Å². The van der Waals surface area contributed by atoms with Crippen LogP contribution < -0.4 is 5.73 Å². The summed E-state index contributed by atoms with van der Waals surface area (Å²) in [5.41, 5.74) is 17.8. The van der Waals surface area contributed by atoms with E-state index in [1.165, 1.54) is 66.4 Å². The van der Waals surface area contributed by atoms with Crippen molar-refractivity contribution in [3.8, 4) is 5.69 Å². The standard InChI is InChI=1S/C43H42N4.C2H6/c1-45(30-35(12-9-26-44)34-20-19-32-10-5-6-11-33(32)28-34)29-31-17-21-37(22-18-31)47-42-16-8-7-15-38(42)39-23-24-41-40(43(39)47)25-27-46(41)36-13-3-2-4-14-36;1-2/h2-3,5-8,10-13,15-25,27,34H,4,9,14,26,28-30,44H2,1H3;1-2H3/b35-12+;. The maximum atomic E-state index is 5.94. The van der Waals surface area contributed by atoms with Gasteiger partial charge in [0.2, 0.25) is 0 Å². The quantitative estimate of drug-likeness (QED) is 0.159. The van der Waals surface area contributed by atoms with Crippen LogP contribution in [-0.4, -0.2) is 34.2 Å². The van der Waals surface area contributed by atoms with Gasteiger partial charge in [0.1, 0.15) is 0 Å². The summed E-state index contributed by atoms with van der Waals surface area (Å²) in [4.78, 5) is 2.44. The number of nitrogens with two attached hydrogens (primary N) is 1. The molecule has 6 aromatic rings. The third-order valence-corrected chi connectivity index (χ3v) is 9.96. The van der Waals surface area contributed by atoms with Gasteiger partial charge in [0.15, 0.2) is 0 Å². The molecule has 0 fully saturated rings. The molecule has 0 amide bonds. The molecule has 1 atom stereocenters. The minimum absolute atomic E-state index is 0.411. The lowest BCUT2D eigenvalue weighted by Crippen LogP contribution is -2.25. The largest absolute Gasteiger partial charge is 0.330 e. The molecule has 4 heteroatoms. The van der Waals surface area contributed by atoms with Gasteiger partial charge >= 0.3 is 0 Å². The number of benzene rings is 4. The fourth-order valence-electron chi connectivity index (χ4n) is 7.68. The topological polar surface area (TPSA) is 39.1 Å². The molecule has 0 radical (unpaired) electrons. The number of para-hydroxylation sites is 1. The highest BCUT2D eigenvalue weighted by molar-refractivity contribution is 6.18. The fraction of sp³-hybridized carbons (Fsp3) is 0.244. The molecule has 8 rings (SSSR count). The summed E-state index contributed by atoms with van der Waals surface area (Å²) in [5.74, 6) is 0.411. The second kappa shape index (κ2) is 14.7. The van der Waals surface area contributed by atoms with E-state index in [2.05, 4.69) is 155 Å². The number of hydrogen-bond donors (Lipinski definition) is 1. The monoisotopic (exact) mass is 644 g/mol. The van der Waals surface area contributed by atoms with Crippen LogP contribution in [0.4, 0.5) is 0 Å². The molecule has 0 aliphatic heterocycles. The number of fused-ring (bicyclic) bond motifs is 6. The number of aromatic nitrogens is 2. The molecule has 0 bridgehead atoms. The Morgan fingerprint density at radius 1 is 0.878 bits per heavy atom. The van der Waals surface area contributed by atoms with Crippen LogP contribution in [0, 0.1) is 5.92 Å². The van der Waals surface area contributed by atoms with Crippen molar-refractivity contribution in [2.45, 2.75) is 46.1 Å². The van der Waals surface area contributed by atoms with Gasteiger partial charge in [-0.3, -0.25) is 4.90 Å². The van der Waals surface area contributed by atoms with E-state index in [1.807, 2.05) is 13.8 Å². The highest BCUT2D eigenvalue weighted by Gasteiger charge is 2.20. The van der Waals surface area contributed by atoms with Crippen molar-refractivity contribution >= 4 is 44.5 Å². The van der Waals surface area contributed by atoms with Crippen LogP contribution in [0.25, 0.3) is 50.2 Å². The lowest BCUT2D eigenvalue weighted by molar-refractivity contribution is 0.345. The molecule has 2 heterocycles. The van der Waals surface area contributed by atoms with E-state index < -0.39 is 0 Å². The zero-order chi connectivity index (χ0) is 33.7. The number of rotatable bonds is 9. The van der Waals surface area contributed by atoms with Gasteiger partial charge in [0.05, 0.1) is 16.6 Å². The van der Waals surface area contributed by atoms with E-state index in [1.54, 1.807) is 0 Å². The summed E-state index contributed by atoms with van der Waals surface area (Å²) >= 11 is 0. The minimum atomic E-state index is 0.411. The van der Waals surface area contributed by atoms with Crippen molar-refractivity contribution in [2.75, 3.05) is 20.1 Å². The van der Waals surface area contributed by atoms with Gasteiger partial charge < -0.3 is 14.9 Å². The zero-order valence-electron chi connectivity index (χ0n) is 29.1. The normalized spacial score (nSPS) is 15.9. The van der Waals surface area contributed by atoms with Crippen molar-refractivity contribution in [3.63, 3.8) is 0 Å². The number of hydrogen-bond acceptors (Lipinski definition) is 2. The Kier molecular flexibility index (Phi) is 9.79. The average molecular weight is 645 g/mol. The fourth-order valence-corrected chi connectivity index (χ4v) is 7.68. The first-order valence-corrected chi connectivity index (χ1v) is 18.0. The Hall–Kier alpha value is -4.90. The molecule has 1 unspecified atom stereocenters. The Balaban J connectivity index is 0.00000186. The van der Waals surface area contributed by atoms with Crippen molar-refractivity contribution in [1.29, 1.82) is 0 Å². The SMILES string of the molecule is CC.CN(C/C(=C\CCN)C1C=Cc2ccccc2C1)Cc1ccc(-n2c3ccccc3c3ccc4c(ccn4C4=CC=CCC4)c32)cc1. The molecule has 0 saturated heterocycles. The molecule has 49 heavy (non-hydrogen) atoms. The Morgan fingerprint density at radius 2 is 1.69 bits per heavy atom. The van der Waals surface area contributed by atoms with Crippen molar-refractivity contribution < 1.29 is 0 Å². The predicted molar refractivity (Wildman–Crippen MR) is 211 cm³/mol.